The van der Waals surface area contributed by atoms with Crippen LogP contribution in [0.25, 0.3) is 111 Å². The van der Waals surface area contributed by atoms with E-state index in [4.69, 9.17) is 9.97 Å². The molecule has 296 valence electrons. The third-order valence-corrected chi connectivity index (χ3v) is 13.2. The highest BCUT2D eigenvalue weighted by atomic mass is 14.9. The summed E-state index contributed by atoms with van der Waals surface area (Å²) in [5.41, 5.74) is 17.2. The van der Waals surface area contributed by atoms with E-state index in [1.54, 1.807) is 0 Å². The minimum absolute atomic E-state index is 0.156. The number of hydrogen-bond acceptors (Lipinski definition) is 2. The van der Waals surface area contributed by atoms with Gasteiger partial charge in [-0.2, -0.15) is 0 Å². The second-order valence-electron chi connectivity index (χ2n) is 17.3. The van der Waals surface area contributed by atoms with Crippen LogP contribution in [0.4, 0.5) is 0 Å². The van der Waals surface area contributed by atoms with Crippen molar-refractivity contribution < 1.29 is 0 Å². The monoisotopic (exact) mass is 802 g/mol. The molecule has 10 aromatic carbocycles. The summed E-state index contributed by atoms with van der Waals surface area (Å²) >= 11 is 0. The lowest BCUT2D eigenvalue weighted by atomic mass is 9.81. The molecule has 1 aliphatic rings. The molecule has 11 aromatic rings. The highest BCUT2D eigenvalue weighted by molar-refractivity contribution is 6.22. The maximum atomic E-state index is 5.54. The predicted octanol–water partition coefficient (Wildman–Crippen LogP) is 16.2. The van der Waals surface area contributed by atoms with Crippen molar-refractivity contribution in [3.8, 4) is 78.4 Å². The van der Waals surface area contributed by atoms with Gasteiger partial charge in [0, 0.05) is 22.1 Å². The van der Waals surface area contributed by atoms with Gasteiger partial charge >= 0.3 is 0 Å². The van der Waals surface area contributed by atoms with Gasteiger partial charge in [0.2, 0.25) is 0 Å². The fraction of sp³-hybridized carbons (Fsp3) is 0.0492. The molecule has 0 atom stereocenters. The zero-order chi connectivity index (χ0) is 42.1. The summed E-state index contributed by atoms with van der Waals surface area (Å²) in [5.74, 6) is 0.702. The predicted molar refractivity (Wildman–Crippen MR) is 265 cm³/mol. The summed E-state index contributed by atoms with van der Waals surface area (Å²) < 4.78 is 0. The highest BCUT2D eigenvalue weighted by Crippen LogP contribution is 2.55. The summed E-state index contributed by atoms with van der Waals surface area (Å²) in [6, 6.07) is 79.0. The lowest BCUT2D eigenvalue weighted by Crippen LogP contribution is -2.14. The van der Waals surface area contributed by atoms with Crippen LogP contribution in [-0.2, 0) is 5.41 Å². The van der Waals surface area contributed by atoms with Gasteiger partial charge < -0.3 is 0 Å². The Bertz CT molecular complexity index is 3430. The zero-order valence-corrected chi connectivity index (χ0v) is 35.2. The van der Waals surface area contributed by atoms with E-state index in [1.807, 2.05) is 0 Å². The lowest BCUT2D eigenvalue weighted by Gasteiger charge is -2.22. The zero-order valence-electron chi connectivity index (χ0n) is 35.2. The van der Waals surface area contributed by atoms with Crippen molar-refractivity contribution in [3.63, 3.8) is 0 Å². The Morgan fingerprint density at radius 1 is 0.302 bits per heavy atom. The topological polar surface area (TPSA) is 25.8 Å². The molecule has 12 rings (SSSR count). The molecule has 2 nitrogen and oxygen atoms in total. The first kappa shape index (κ1) is 36.9. The molecule has 1 aromatic heterocycles. The third-order valence-electron chi connectivity index (χ3n) is 13.2. The molecule has 0 fully saturated rings. The van der Waals surface area contributed by atoms with E-state index in [1.165, 1.54) is 66.1 Å². The fourth-order valence-corrected chi connectivity index (χ4v) is 10.2. The van der Waals surface area contributed by atoms with E-state index >= 15 is 0 Å². The normalized spacial score (nSPS) is 12.7. The molecular weight excluding hydrogens is 761 g/mol. The molecule has 2 heteroatoms. The average Bonchev–Trinajstić information content (AvgIpc) is 3.57. The Morgan fingerprint density at radius 3 is 1.30 bits per heavy atom. The maximum Gasteiger partial charge on any atom is 0.161 e. The van der Waals surface area contributed by atoms with Gasteiger partial charge in [-0.25, -0.2) is 9.97 Å². The van der Waals surface area contributed by atoms with Crippen LogP contribution in [-0.4, -0.2) is 9.97 Å². The molecule has 0 spiro atoms. The first-order valence-electron chi connectivity index (χ1n) is 21.8. The van der Waals surface area contributed by atoms with E-state index in [2.05, 4.69) is 232 Å². The molecule has 0 bridgehead atoms. The van der Waals surface area contributed by atoms with Gasteiger partial charge in [-0.15, -0.1) is 0 Å². The average molecular weight is 803 g/mol. The van der Waals surface area contributed by atoms with Gasteiger partial charge in [-0.1, -0.05) is 202 Å². The SMILES string of the molecule is CC1(C)c2cc3ccccc3cc2-c2c(-c3c4ccccc4c(-c4nc(-c5cccc(-c6ccccc6)c5)cc(-c5cccc(-c6ccccc6)c5)n4)c4ccccc34)cccc21. The van der Waals surface area contributed by atoms with Gasteiger partial charge in [0.1, 0.15) is 0 Å². The molecule has 0 unspecified atom stereocenters. The smallest absolute Gasteiger partial charge is 0.161 e. The van der Waals surface area contributed by atoms with Crippen LogP contribution in [0.1, 0.15) is 25.0 Å². The first-order chi connectivity index (χ1) is 31.0. The highest BCUT2D eigenvalue weighted by Gasteiger charge is 2.37. The van der Waals surface area contributed by atoms with E-state index < -0.39 is 0 Å². The molecule has 63 heavy (non-hydrogen) atoms. The van der Waals surface area contributed by atoms with Crippen LogP contribution in [0.15, 0.2) is 218 Å². The lowest BCUT2D eigenvalue weighted by molar-refractivity contribution is 0.661. The number of nitrogens with zero attached hydrogens (tertiary/aromatic N) is 2. The number of aromatic nitrogens is 2. The van der Waals surface area contributed by atoms with Crippen LogP contribution in [0.3, 0.4) is 0 Å². The standard InChI is InChI=1S/C61H42N2/c1-61(2)53-33-17-32-51(58(53)52-36-43-22-9-10-23-44(43)37-54(52)61)57-47-28-11-13-30-49(47)59(50-31-14-12-29-48(50)57)60-62-55(45-26-15-24-41(34-45)39-18-5-3-6-19-39)38-56(63-60)46-27-16-25-42(35-46)40-20-7-4-8-21-40/h3-38H,1-2H3. The quantitative estimate of drug-likeness (QED) is 0.157. The van der Waals surface area contributed by atoms with E-state index in [9.17, 15) is 0 Å². The Hall–Kier alpha value is -7.94. The summed E-state index contributed by atoms with van der Waals surface area (Å²) in [6.45, 7) is 4.76. The largest absolute Gasteiger partial charge is 0.228 e. The van der Waals surface area contributed by atoms with Crippen LogP contribution in [0.2, 0.25) is 0 Å². The molecule has 0 radical (unpaired) electrons. The molecule has 0 aliphatic heterocycles. The molecule has 0 N–H and O–H groups in total. The third kappa shape index (κ3) is 6.09. The van der Waals surface area contributed by atoms with Gasteiger partial charge in [0.05, 0.1) is 11.4 Å². The van der Waals surface area contributed by atoms with Crippen LogP contribution >= 0.6 is 0 Å². The summed E-state index contributed by atoms with van der Waals surface area (Å²) in [5, 5.41) is 7.15. The molecule has 0 saturated heterocycles. The second kappa shape index (κ2) is 14.6. The van der Waals surface area contributed by atoms with E-state index in [0.29, 0.717) is 5.82 Å². The summed E-state index contributed by atoms with van der Waals surface area (Å²) in [7, 11) is 0. The van der Waals surface area contributed by atoms with Crippen molar-refractivity contribution in [2.75, 3.05) is 0 Å². The number of hydrogen-bond donors (Lipinski definition) is 0. The van der Waals surface area contributed by atoms with Gasteiger partial charge in [0.25, 0.3) is 0 Å². The van der Waals surface area contributed by atoms with Gasteiger partial charge in [-0.3, -0.25) is 0 Å². The van der Waals surface area contributed by atoms with Crippen LogP contribution < -0.4 is 0 Å². The van der Waals surface area contributed by atoms with Gasteiger partial charge in [-0.05, 0) is 118 Å². The second-order valence-corrected chi connectivity index (χ2v) is 17.3. The first-order valence-corrected chi connectivity index (χ1v) is 21.8. The van der Waals surface area contributed by atoms with Crippen molar-refractivity contribution in [1.82, 2.24) is 9.97 Å². The molecular formula is C61H42N2. The number of fused-ring (bicyclic) bond motifs is 6. The molecule has 1 aliphatic carbocycles. The van der Waals surface area contributed by atoms with Gasteiger partial charge in [0.15, 0.2) is 5.82 Å². The molecule has 0 saturated carbocycles. The minimum Gasteiger partial charge on any atom is -0.228 e. The Labute approximate surface area is 367 Å². The van der Waals surface area contributed by atoms with Crippen molar-refractivity contribution in [2.45, 2.75) is 19.3 Å². The van der Waals surface area contributed by atoms with Crippen molar-refractivity contribution in [2.24, 2.45) is 0 Å². The van der Waals surface area contributed by atoms with E-state index in [-0.39, 0.29) is 5.41 Å². The minimum atomic E-state index is -0.156. The Balaban J connectivity index is 1.12. The number of benzene rings is 10. The fourth-order valence-electron chi connectivity index (χ4n) is 10.2. The Kier molecular flexibility index (Phi) is 8.55. The molecule has 0 amide bonds. The van der Waals surface area contributed by atoms with Crippen LogP contribution in [0.5, 0.6) is 0 Å². The van der Waals surface area contributed by atoms with E-state index in [0.717, 1.165) is 50.0 Å². The van der Waals surface area contributed by atoms with Crippen molar-refractivity contribution >= 4 is 32.3 Å². The van der Waals surface area contributed by atoms with Crippen molar-refractivity contribution in [3.05, 3.63) is 230 Å². The molecule has 1 heterocycles. The summed E-state index contributed by atoms with van der Waals surface area (Å²) in [4.78, 5) is 11.1. The summed E-state index contributed by atoms with van der Waals surface area (Å²) in [6.07, 6.45) is 0. The maximum absolute atomic E-state index is 5.54. The van der Waals surface area contributed by atoms with Crippen LogP contribution in [0, 0.1) is 0 Å². The van der Waals surface area contributed by atoms with Crippen molar-refractivity contribution in [1.29, 1.82) is 0 Å². The Morgan fingerprint density at radius 2 is 0.746 bits per heavy atom. The number of rotatable bonds is 6.